The van der Waals surface area contributed by atoms with Crippen LogP contribution in [0.5, 0.6) is 0 Å². The van der Waals surface area contributed by atoms with Gasteiger partial charge >= 0.3 is 5.97 Å². The van der Waals surface area contributed by atoms with E-state index in [2.05, 4.69) is 5.16 Å². The minimum Gasteiger partial charge on any atom is -0.480 e. The van der Waals surface area contributed by atoms with Gasteiger partial charge in [0.1, 0.15) is 6.04 Å². The second kappa shape index (κ2) is 5.62. The van der Waals surface area contributed by atoms with Crippen molar-refractivity contribution in [3.8, 4) is 0 Å². The molecule has 1 aromatic heterocycles. The van der Waals surface area contributed by atoms with Gasteiger partial charge in [-0.1, -0.05) is 19.0 Å². The van der Waals surface area contributed by atoms with Crippen molar-refractivity contribution in [1.29, 1.82) is 0 Å². The molecule has 110 valence electrons. The molecule has 20 heavy (non-hydrogen) atoms. The maximum atomic E-state index is 12.3. The smallest absolute Gasteiger partial charge is 0.326 e. The fourth-order valence-corrected chi connectivity index (χ4v) is 2.23. The van der Waals surface area contributed by atoms with Crippen LogP contribution >= 0.6 is 0 Å². The first-order valence-corrected chi connectivity index (χ1v) is 6.47. The molecular weight excluding hydrogens is 264 g/mol. The number of carbonyl (C=O) groups excluding carboxylic acids is 1. The van der Waals surface area contributed by atoms with E-state index in [1.165, 1.54) is 12.0 Å². The van der Waals surface area contributed by atoms with Gasteiger partial charge in [0.25, 0.3) is 5.91 Å². The summed E-state index contributed by atoms with van der Waals surface area (Å²) >= 11 is 0. The molecule has 1 aliphatic rings. The van der Waals surface area contributed by atoms with Crippen molar-refractivity contribution in [2.75, 3.05) is 13.7 Å². The number of hydrogen-bond acceptors (Lipinski definition) is 5. The number of carboxylic acid groups (broad SMARTS) is 1. The van der Waals surface area contributed by atoms with Crippen molar-refractivity contribution < 1.29 is 24.0 Å². The number of likely N-dealkylation sites (tertiary alicyclic amines) is 1. The third kappa shape index (κ3) is 2.67. The van der Waals surface area contributed by atoms with Crippen LogP contribution < -0.4 is 0 Å². The molecule has 2 heterocycles. The van der Waals surface area contributed by atoms with Crippen molar-refractivity contribution >= 4 is 11.9 Å². The van der Waals surface area contributed by atoms with Crippen LogP contribution in [-0.2, 0) is 9.53 Å². The molecule has 1 saturated heterocycles. The molecule has 0 radical (unpaired) electrons. The fourth-order valence-electron chi connectivity index (χ4n) is 2.23. The monoisotopic (exact) mass is 282 g/mol. The molecule has 0 spiro atoms. The van der Waals surface area contributed by atoms with Gasteiger partial charge < -0.3 is 19.3 Å². The van der Waals surface area contributed by atoms with E-state index >= 15 is 0 Å². The zero-order chi connectivity index (χ0) is 14.9. The molecule has 2 unspecified atom stereocenters. The molecular formula is C13H18N2O5. The Kier molecular flexibility index (Phi) is 4.08. The third-order valence-electron chi connectivity index (χ3n) is 3.47. The van der Waals surface area contributed by atoms with Crippen molar-refractivity contribution in [3.63, 3.8) is 0 Å². The molecule has 0 aliphatic carbocycles. The van der Waals surface area contributed by atoms with Crippen LogP contribution in [0.25, 0.3) is 0 Å². The summed E-state index contributed by atoms with van der Waals surface area (Å²) in [7, 11) is 1.50. The van der Waals surface area contributed by atoms with Gasteiger partial charge in [0.15, 0.2) is 0 Å². The predicted molar refractivity (Wildman–Crippen MR) is 68.5 cm³/mol. The highest BCUT2D eigenvalue weighted by Gasteiger charge is 2.41. The Bertz CT molecular complexity index is 511. The minimum atomic E-state index is -1.04. The van der Waals surface area contributed by atoms with Crippen LogP contribution in [0.15, 0.2) is 10.6 Å². The van der Waals surface area contributed by atoms with E-state index in [9.17, 15) is 14.7 Å². The van der Waals surface area contributed by atoms with Gasteiger partial charge in [0, 0.05) is 26.1 Å². The van der Waals surface area contributed by atoms with Gasteiger partial charge in [0.2, 0.25) is 5.76 Å². The van der Waals surface area contributed by atoms with Crippen LogP contribution in [0.4, 0.5) is 0 Å². The highest BCUT2D eigenvalue weighted by atomic mass is 16.5. The summed E-state index contributed by atoms with van der Waals surface area (Å²) in [4.78, 5) is 24.8. The molecule has 7 nitrogen and oxygen atoms in total. The zero-order valence-corrected chi connectivity index (χ0v) is 11.7. The lowest BCUT2D eigenvalue weighted by Gasteiger charge is -2.19. The number of carbonyl (C=O) groups is 2. The Balaban J connectivity index is 2.19. The number of amides is 1. The Morgan fingerprint density at radius 3 is 2.75 bits per heavy atom. The highest BCUT2D eigenvalue weighted by Crippen LogP contribution is 2.24. The third-order valence-corrected chi connectivity index (χ3v) is 3.47. The molecule has 0 aromatic carbocycles. The van der Waals surface area contributed by atoms with Gasteiger partial charge in [0.05, 0.1) is 11.8 Å². The topological polar surface area (TPSA) is 92.9 Å². The number of rotatable bonds is 4. The number of hydrogen-bond donors (Lipinski definition) is 1. The van der Waals surface area contributed by atoms with E-state index < -0.39 is 17.9 Å². The number of aliphatic carboxylic acids is 1. The Morgan fingerprint density at radius 1 is 1.55 bits per heavy atom. The molecule has 2 rings (SSSR count). The first kappa shape index (κ1) is 14.5. The van der Waals surface area contributed by atoms with Crippen molar-refractivity contribution in [2.45, 2.75) is 38.3 Å². The zero-order valence-electron chi connectivity index (χ0n) is 11.7. The van der Waals surface area contributed by atoms with Gasteiger partial charge in [-0.3, -0.25) is 4.79 Å². The van der Waals surface area contributed by atoms with Crippen molar-refractivity contribution in [3.05, 3.63) is 17.5 Å². The molecule has 2 atom stereocenters. The van der Waals surface area contributed by atoms with Crippen LogP contribution in [0, 0.1) is 0 Å². The second-order valence-electron chi connectivity index (χ2n) is 5.18. The van der Waals surface area contributed by atoms with E-state index in [1.807, 2.05) is 13.8 Å². The van der Waals surface area contributed by atoms with Gasteiger partial charge in [-0.15, -0.1) is 0 Å². The lowest BCUT2D eigenvalue weighted by molar-refractivity contribution is -0.141. The number of nitrogens with zero attached hydrogens (tertiary/aromatic N) is 2. The number of ether oxygens (including phenoxy) is 1. The normalized spacial score (nSPS) is 22.5. The van der Waals surface area contributed by atoms with Gasteiger partial charge in [-0.2, -0.15) is 0 Å². The summed E-state index contributed by atoms with van der Waals surface area (Å²) in [6, 6.07) is 0.673. The maximum Gasteiger partial charge on any atom is 0.326 e. The van der Waals surface area contributed by atoms with E-state index in [0.29, 0.717) is 5.69 Å². The molecule has 1 aromatic rings. The molecule has 0 saturated carbocycles. The molecule has 1 amide bonds. The van der Waals surface area contributed by atoms with Gasteiger partial charge in [-0.25, -0.2) is 4.79 Å². The van der Waals surface area contributed by atoms with E-state index in [1.54, 1.807) is 6.07 Å². The van der Waals surface area contributed by atoms with E-state index in [-0.39, 0.29) is 30.7 Å². The first-order chi connectivity index (χ1) is 9.43. The van der Waals surface area contributed by atoms with Crippen LogP contribution in [0.1, 0.15) is 42.4 Å². The predicted octanol–water partition coefficient (Wildman–Crippen LogP) is 1.11. The SMILES string of the molecule is COC1CC(C(=O)O)N(C(=O)c2cc(C(C)C)no2)C1. The van der Waals surface area contributed by atoms with E-state index in [4.69, 9.17) is 9.26 Å². The lowest BCUT2D eigenvalue weighted by Crippen LogP contribution is -2.40. The molecule has 1 fully saturated rings. The summed E-state index contributed by atoms with van der Waals surface area (Å²) in [5.74, 6) is -1.30. The highest BCUT2D eigenvalue weighted by molar-refractivity contribution is 5.94. The van der Waals surface area contributed by atoms with Crippen LogP contribution in [0.2, 0.25) is 0 Å². The van der Waals surface area contributed by atoms with Gasteiger partial charge in [-0.05, 0) is 5.92 Å². The average Bonchev–Trinajstić information content (AvgIpc) is 3.04. The molecule has 7 heteroatoms. The van der Waals surface area contributed by atoms with Crippen LogP contribution in [-0.4, -0.2) is 52.8 Å². The first-order valence-electron chi connectivity index (χ1n) is 6.47. The molecule has 1 aliphatic heterocycles. The Labute approximate surface area is 116 Å². The number of methoxy groups -OCH3 is 1. The summed E-state index contributed by atoms with van der Waals surface area (Å²) in [5, 5.41) is 13.0. The summed E-state index contributed by atoms with van der Waals surface area (Å²) in [6.45, 7) is 4.11. The maximum absolute atomic E-state index is 12.3. The largest absolute Gasteiger partial charge is 0.480 e. The van der Waals surface area contributed by atoms with Crippen molar-refractivity contribution in [2.24, 2.45) is 0 Å². The minimum absolute atomic E-state index is 0.0664. The standard InChI is InChI=1S/C13H18N2O5/c1-7(2)9-5-11(20-14-9)12(16)15-6-8(19-3)4-10(15)13(17)18/h5,7-8,10H,4,6H2,1-3H3,(H,17,18). The number of carboxylic acids is 1. The quantitative estimate of drug-likeness (QED) is 0.889. The fraction of sp³-hybridized carbons (Fsp3) is 0.615. The summed E-state index contributed by atoms with van der Waals surface area (Å²) < 4.78 is 10.2. The summed E-state index contributed by atoms with van der Waals surface area (Å²) in [5.41, 5.74) is 0.669. The van der Waals surface area contributed by atoms with Crippen molar-refractivity contribution in [1.82, 2.24) is 10.1 Å². The Hall–Kier alpha value is -1.89. The molecule has 1 N–H and O–H groups in total. The second-order valence-corrected chi connectivity index (χ2v) is 5.18. The lowest BCUT2D eigenvalue weighted by atomic mass is 10.1. The van der Waals surface area contributed by atoms with Crippen LogP contribution in [0.3, 0.4) is 0 Å². The summed E-state index contributed by atoms with van der Waals surface area (Å²) in [6.07, 6.45) is 0.00971. The molecule has 0 bridgehead atoms. The number of aromatic nitrogens is 1. The Morgan fingerprint density at radius 2 is 2.25 bits per heavy atom. The van der Waals surface area contributed by atoms with E-state index in [0.717, 1.165) is 0 Å². The average molecular weight is 282 g/mol.